The molecule has 1 unspecified atom stereocenters. The fourth-order valence-corrected chi connectivity index (χ4v) is 5.22. The monoisotopic (exact) mass is 468 g/mol. The van der Waals surface area contributed by atoms with Gasteiger partial charge in [-0.15, -0.1) is 0 Å². The molecule has 0 saturated carbocycles. The molecule has 0 aromatic heterocycles. The lowest BCUT2D eigenvalue weighted by atomic mass is 10.0. The fourth-order valence-electron chi connectivity index (χ4n) is 3.30. The highest BCUT2D eigenvalue weighted by molar-refractivity contribution is 9.10. The lowest BCUT2D eigenvalue weighted by molar-refractivity contribution is -0.125. The van der Waals surface area contributed by atoms with Gasteiger partial charge in [-0.25, -0.2) is 12.8 Å². The Bertz CT molecular complexity index is 917. The molecule has 28 heavy (non-hydrogen) atoms. The van der Waals surface area contributed by atoms with Crippen LogP contribution in [0.5, 0.6) is 0 Å². The van der Waals surface area contributed by atoms with Gasteiger partial charge in [-0.05, 0) is 61.2 Å². The van der Waals surface area contributed by atoms with Gasteiger partial charge in [0, 0.05) is 17.6 Å². The second kappa shape index (κ2) is 9.15. The molecule has 1 amide bonds. The molecule has 2 aromatic rings. The number of nitrogens with one attached hydrogen (secondary N) is 1. The zero-order chi connectivity index (χ0) is 20.1. The number of carbonyl (C=O) groups is 1. The van der Waals surface area contributed by atoms with E-state index in [-0.39, 0.29) is 16.6 Å². The van der Waals surface area contributed by atoms with Crippen LogP contribution in [-0.4, -0.2) is 37.8 Å². The van der Waals surface area contributed by atoms with Crippen molar-refractivity contribution in [1.29, 1.82) is 0 Å². The smallest absolute Gasteiger partial charge is 0.243 e. The van der Waals surface area contributed by atoms with Crippen LogP contribution >= 0.6 is 15.9 Å². The summed E-state index contributed by atoms with van der Waals surface area (Å²) in [5, 5.41) is 2.83. The average molecular weight is 469 g/mol. The van der Waals surface area contributed by atoms with E-state index in [0.29, 0.717) is 25.9 Å². The lowest BCUT2D eigenvalue weighted by Crippen LogP contribution is -2.52. The predicted molar refractivity (Wildman–Crippen MR) is 109 cm³/mol. The average Bonchev–Trinajstić information content (AvgIpc) is 2.70. The van der Waals surface area contributed by atoms with Crippen LogP contribution in [0, 0.1) is 5.82 Å². The van der Waals surface area contributed by atoms with Crippen molar-refractivity contribution in [3.63, 3.8) is 0 Å². The minimum atomic E-state index is -3.74. The Hall–Kier alpha value is -1.77. The zero-order valence-corrected chi connectivity index (χ0v) is 17.7. The Kier molecular flexibility index (Phi) is 6.85. The van der Waals surface area contributed by atoms with Crippen LogP contribution in [0.2, 0.25) is 0 Å². The maximum Gasteiger partial charge on any atom is 0.243 e. The molecule has 1 saturated heterocycles. The van der Waals surface area contributed by atoms with Gasteiger partial charge < -0.3 is 5.32 Å². The van der Waals surface area contributed by atoms with Crippen LogP contribution in [0.25, 0.3) is 0 Å². The molecule has 8 heteroatoms. The Labute approximate surface area is 173 Å². The topological polar surface area (TPSA) is 66.5 Å². The molecular weight excluding hydrogens is 447 g/mol. The largest absolute Gasteiger partial charge is 0.354 e. The number of hydrogen-bond acceptors (Lipinski definition) is 3. The summed E-state index contributed by atoms with van der Waals surface area (Å²) in [6.45, 7) is 0.696. The van der Waals surface area contributed by atoms with Crippen LogP contribution < -0.4 is 5.32 Å². The first-order valence-corrected chi connectivity index (χ1v) is 11.4. The molecular formula is C20H22BrFN2O3S. The Morgan fingerprint density at radius 1 is 1.11 bits per heavy atom. The van der Waals surface area contributed by atoms with Gasteiger partial charge in [0.15, 0.2) is 0 Å². The van der Waals surface area contributed by atoms with Gasteiger partial charge in [0.25, 0.3) is 0 Å². The summed E-state index contributed by atoms with van der Waals surface area (Å²) in [5.74, 6) is -0.591. The molecule has 1 fully saturated rings. The van der Waals surface area contributed by atoms with Crippen molar-refractivity contribution in [2.75, 3.05) is 13.1 Å². The quantitative estimate of drug-likeness (QED) is 0.705. The molecule has 2 aromatic carbocycles. The van der Waals surface area contributed by atoms with Crippen molar-refractivity contribution >= 4 is 31.9 Å². The highest BCUT2D eigenvalue weighted by atomic mass is 79.9. The minimum absolute atomic E-state index is 0.182. The van der Waals surface area contributed by atoms with E-state index in [1.54, 1.807) is 24.3 Å². The van der Waals surface area contributed by atoms with Gasteiger partial charge in [0.1, 0.15) is 11.9 Å². The van der Waals surface area contributed by atoms with Gasteiger partial charge in [-0.3, -0.25) is 4.79 Å². The highest BCUT2D eigenvalue weighted by Gasteiger charge is 2.37. The minimum Gasteiger partial charge on any atom is -0.354 e. The van der Waals surface area contributed by atoms with Gasteiger partial charge in [-0.2, -0.15) is 4.31 Å². The number of halogens is 2. The van der Waals surface area contributed by atoms with E-state index >= 15 is 0 Å². The van der Waals surface area contributed by atoms with Crippen molar-refractivity contribution in [2.45, 2.75) is 36.6 Å². The second-order valence-electron chi connectivity index (χ2n) is 6.75. The molecule has 3 rings (SSSR count). The number of piperidine rings is 1. The zero-order valence-electron chi connectivity index (χ0n) is 15.3. The van der Waals surface area contributed by atoms with Crippen LogP contribution in [0.4, 0.5) is 4.39 Å². The van der Waals surface area contributed by atoms with Crippen LogP contribution in [-0.2, 0) is 21.2 Å². The van der Waals surface area contributed by atoms with Crippen molar-refractivity contribution in [3.8, 4) is 0 Å². The van der Waals surface area contributed by atoms with E-state index in [9.17, 15) is 17.6 Å². The van der Waals surface area contributed by atoms with Crippen LogP contribution in [0.3, 0.4) is 0 Å². The Morgan fingerprint density at radius 3 is 2.46 bits per heavy atom. The predicted octanol–water partition coefficient (Wildman–Crippen LogP) is 3.49. The standard InChI is InChI=1S/C20H22BrFN2O3S/c21-16-6-10-18(11-7-16)28(26,27)24-14-2-1-3-19(24)20(25)23-13-12-15-4-8-17(22)9-5-15/h4-11,19H,1-3,12-14H2,(H,23,25). The van der Waals surface area contributed by atoms with Crippen LogP contribution in [0.1, 0.15) is 24.8 Å². The summed E-state index contributed by atoms with van der Waals surface area (Å²) >= 11 is 3.30. The molecule has 1 aliphatic rings. The first-order chi connectivity index (χ1) is 13.4. The van der Waals surface area contributed by atoms with E-state index < -0.39 is 16.1 Å². The maximum absolute atomic E-state index is 13.0. The number of sulfonamides is 1. The highest BCUT2D eigenvalue weighted by Crippen LogP contribution is 2.26. The number of benzene rings is 2. The summed E-state index contributed by atoms with van der Waals surface area (Å²) in [6.07, 6.45) is 2.59. The third-order valence-corrected chi connectivity index (χ3v) is 7.25. The van der Waals surface area contributed by atoms with Crippen molar-refractivity contribution in [2.24, 2.45) is 0 Å². The third kappa shape index (κ3) is 4.98. The number of carbonyl (C=O) groups excluding carboxylic acids is 1. The normalized spacial score (nSPS) is 18.0. The van der Waals surface area contributed by atoms with E-state index in [2.05, 4.69) is 21.2 Å². The first-order valence-electron chi connectivity index (χ1n) is 9.17. The first kappa shape index (κ1) is 21.0. The van der Waals surface area contributed by atoms with E-state index in [0.717, 1.165) is 22.9 Å². The van der Waals surface area contributed by atoms with Crippen molar-refractivity contribution in [1.82, 2.24) is 9.62 Å². The van der Waals surface area contributed by atoms with Gasteiger partial charge >= 0.3 is 0 Å². The summed E-state index contributed by atoms with van der Waals surface area (Å²) in [7, 11) is -3.74. The summed E-state index contributed by atoms with van der Waals surface area (Å²) < 4.78 is 41.1. The summed E-state index contributed by atoms with van der Waals surface area (Å²) in [5.41, 5.74) is 0.907. The van der Waals surface area contributed by atoms with Gasteiger partial charge in [-0.1, -0.05) is 34.5 Å². The number of rotatable bonds is 6. The maximum atomic E-state index is 13.0. The molecule has 0 aliphatic carbocycles. The molecule has 0 spiro atoms. The van der Waals surface area contributed by atoms with E-state index in [1.807, 2.05) is 0 Å². The van der Waals surface area contributed by atoms with Gasteiger partial charge in [0.05, 0.1) is 4.90 Å². The Morgan fingerprint density at radius 2 is 1.79 bits per heavy atom. The molecule has 1 N–H and O–H groups in total. The number of amides is 1. The molecule has 0 radical (unpaired) electrons. The molecule has 1 heterocycles. The fraction of sp³-hybridized carbons (Fsp3) is 0.350. The number of nitrogens with zero attached hydrogens (tertiary/aromatic N) is 1. The van der Waals surface area contributed by atoms with E-state index in [4.69, 9.17) is 0 Å². The van der Waals surface area contributed by atoms with Crippen molar-refractivity contribution in [3.05, 3.63) is 64.4 Å². The molecule has 150 valence electrons. The molecule has 0 bridgehead atoms. The second-order valence-corrected chi connectivity index (χ2v) is 9.55. The third-order valence-electron chi connectivity index (χ3n) is 4.80. The van der Waals surface area contributed by atoms with Crippen LogP contribution in [0.15, 0.2) is 57.9 Å². The summed E-state index contributed by atoms with van der Waals surface area (Å²) in [6, 6.07) is 11.8. The lowest BCUT2D eigenvalue weighted by Gasteiger charge is -2.33. The molecule has 5 nitrogen and oxygen atoms in total. The summed E-state index contributed by atoms with van der Waals surface area (Å²) in [4.78, 5) is 12.9. The van der Waals surface area contributed by atoms with E-state index in [1.165, 1.54) is 28.6 Å². The molecule has 1 aliphatic heterocycles. The Balaban J connectivity index is 1.67. The number of hydrogen-bond donors (Lipinski definition) is 1. The molecule has 1 atom stereocenters. The SMILES string of the molecule is O=C(NCCc1ccc(F)cc1)C1CCCCN1S(=O)(=O)c1ccc(Br)cc1. The van der Waals surface area contributed by atoms with Gasteiger partial charge in [0.2, 0.25) is 15.9 Å². The van der Waals surface area contributed by atoms with Crippen molar-refractivity contribution < 1.29 is 17.6 Å².